The number of benzene rings is 2. The van der Waals surface area contributed by atoms with Gasteiger partial charge in [0.1, 0.15) is 0 Å². The average molecular weight is 388 g/mol. The van der Waals surface area contributed by atoms with Crippen LogP contribution in [0.3, 0.4) is 0 Å². The lowest BCUT2D eigenvalue weighted by Crippen LogP contribution is -2.19. The molecule has 5 heteroatoms. The van der Waals surface area contributed by atoms with Gasteiger partial charge in [0.25, 0.3) is 0 Å². The van der Waals surface area contributed by atoms with Crippen LogP contribution in [0.5, 0.6) is 0 Å². The van der Waals surface area contributed by atoms with Crippen LogP contribution in [0.25, 0.3) is 0 Å². The van der Waals surface area contributed by atoms with Crippen molar-refractivity contribution < 1.29 is 13.2 Å². The highest BCUT2D eigenvalue weighted by Crippen LogP contribution is 2.32. The fourth-order valence-electron chi connectivity index (χ4n) is 2.99. The molecule has 0 saturated heterocycles. The Kier molecular flexibility index (Phi) is 6.82. The zero-order chi connectivity index (χ0) is 20.2. The molecule has 0 radical (unpaired) electrons. The lowest BCUT2D eigenvalue weighted by Gasteiger charge is -2.20. The van der Waals surface area contributed by atoms with E-state index >= 15 is 0 Å². The predicted octanol–water partition coefficient (Wildman–Crippen LogP) is 5.04. The number of anilines is 1. The highest BCUT2D eigenvalue weighted by Gasteiger charge is 2.19. The molecule has 0 aromatic heterocycles. The largest absolute Gasteiger partial charge is 0.326 e. The van der Waals surface area contributed by atoms with Crippen LogP contribution in [-0.2, 0) is 14.6 Å². The molecule has 0 aliphatic heterocycles. The number of carbonyl (C=O) groups is 1. The number of hydrogen-bond acceptors (Lipinski definition) is 3. The van der Waals surface area contributed by atoms with E-state index in [9.17, 15) is 13.2 Å². The van der Waals surface area contributed by atoms with E-state index in [4.69, 9.17) is 0 Å². The van der Waals surface area contributed by atoms with Crippen LogP contribution in [0.15, 0.2) is 47.4 Å². The lowest BCUT2D eigenvalue weighted by atomic mass is 9.92. The Balaban J connectivity index is 2.15. The van der Waals surface area contributed by atoms with Gasteiger partial charge in [0, 0.05) is 12.1 Å². The van der Waals surface area contributed by atoms with E-state index in [1.54, 1.807) is 24.3 Å². The number of nitrogens with one attached hydrogen (secondary N) is 1. The van der Waals surface area contributed by atoms with E-state index in [0.717, 1.165) is 22.4 Å². The second-order valence-corrected chi connectivity index (χ2v) is 9.66. The van der Waals surface area contributed by atoms with Crippen molar-refractivity contribution in [1.82, 2.24) is 0 Å². The van der Waals surface area contributed by atoms with E-state index in [2.05, 4.69) is 33.0 Å². The summed E-state index contributed by atoms with van der Waals surface area (Å²) in [5.41, 5.74) is 3.95. The van der Waals surface area contributed by atoms with Crippen molar-refractivity contribution in [2.45, 2.75) is 57.8 Å². The van der Waals surface area contributed by atoms with E-state index in [1.807, 2.05) is 25.1 Å². The first-order valence-electron chi connectivity index (χ1n) is 9.34. The maximum Gasteiger partial charge on any atom is 0.225 e. The number of hydrogen-bond donors (Lipinski definition) is 1. The van der Waals surface area contributed by atoms with Crippen molar-refractivity contribution in [1.29, 1.82) is 0 Å². The molecule has 0 fully saturated rings. The Morgan fingerprint density at radius 2 is 1.44 bits per heavy atom. The molecule has 0 spiro atoms. The summed E-state index contributed by atoms with van der Waals surface area (Å²) >= 11 is 0. The van der Waals surface area contributed by atoms with E-state index < -0.39 is 9.84 Å². The third-order valence-corrected chi connectivity index (χ3v) is 6.35. The van der Waals surface area contributed by atoms with Gasteiger partial charge in [0.05, 0.1) is 10.6 Å². The molecule has 1 amide bonds. The number of rotatable bonds is 7. The third kappa shape index (κ3) is 5.42. The topological polar surface area (TPSA) is 63.2 Å². The minimum absolute atomic E-state index is 0.0693. The van der Waals surface area contributed by atoms with Crippen molar-refractivity contribution >= 4 is 21.4 Å². The smallest absolute Gasteiger partial charge is 0.225 e. The molecule has 0 heterocycles. The number of carbonyl (C=O) groups excluding carboxylic acids is 1. The van der Waals surface area contributed by atoms with Crippen LogP contribution < -0.4 is 5.32 Å². The van der Waals surface area contributed by atoms with Crippen molar-refractivity contribution in [2.75, 3.05) is 11.1 Å². The Morgan fingerprint density at radius 3 is 1.93 bits per heavy atom. The highest BCUT2D eigenvalue weighted by molar-refractivity contribution is 7.91. The molecule has 27 heavy (non-hydrogen) atoms. The highest BCUT2D eigenvalue weighted by atomic mass is 32.2. The summed E-state index contributed by atoms with van der Waals surface area (Å²) in [7, 11) is -3.48. The summed E-state index contributed by atoms with van der Waals surface area (Å²) in [5.74, 6) is 0.0363. The van der Waals surface area contributed by atoms with E-state index in [-0.39, 0.29) is 34.8 Å². The van der Waals surface area contributed by atoms with Crippen LogP contribution in [0.2, 0.25) is 0 Å². The Labute approximate surface area is 162 Å². The van der Waals surface area contributed by atoms with Gasteiger partial charge >= 0.3 is 0 Å². The molecular formula is C22H29NO3S. The molecule has 0 bridgehead atoms. The standard InChI is InChI=1S/C22H29NO3S/c1-15(2)19-7-6-8-20(16(3)4)22(19)23-21(24)13-14-27(25,26)18-11-9-17(5)10-12-18/h6-12,15-16H,13-14H2,1-5H3,(H,23,24). The van der Waals surface area contributed by atoms with E-state index in [0.29, 0.717) is 0 Å². The molecule has 0 saturated carbocycles. The quantitative estimate of drug-likeness (QED) is 0.723. The fraction of sp³-hybridized carbons (Fsp3) is 0.409. The van der Waals surface area contributed by atoms with Gasteiger partial charge in [-0.3, -0.25) is 4.79 Å². The van der Waals surface area contributed by atoms with Crippen molar-refractivity contribution in [3.8, 4) is 0 Å². The Hall–Kier alpha value is -2.14. The normalized spacial score (nSPS) is 11.8. The maximum absolute atomic E-state index is 12.5. The van der Waals surface area contributed by atoms with Gasteiger partial charge in [-0.05, 0) is 42.0 Å². The van der Waals surface area contributed by atoms with Crippen LogP contribution in [0, 0.1) is 6.92 Å². The minimum atomic E-state index is -3.48. The number of sulfone groups is 1. The molecule has 0 aliphatic carbocycles. The summed E-state index contributed by atoms with van der Waals surface area (Å²) < 4.78 is 24.9. The average Bonchev–Trinajstić information content (AvgIpc) is 2.60. The first-order chi connectivity index (χ1) is 12.6. The molecule has 146 valence electrons. The number of amides is 1. The SMILES string of the molecule is Cc1ccc(S(=O)(=O)CCC(=O)Nc2c(C(C)C)cccc2C(C)C)cc1. The summed E-state index contributed by atoms with van der Waals surface area (Å²) in [6.45, 7) is 10.2. The van der Waals surface area contributed by atoms with Crippen LogP contribution >= 0.6 is 0 Å². The van der Waals surface area contributed by atoms with Crippen LogP contribution in [0.1, 0.15) is 62.6 Å². The van der Waals surface area contributed by atoms with Crippen molar-refractivity contribution in [3.05, 3.63) is 59.2 Å². The number of para-hydroxylation sites is 1. The molecule has 0 atom stereocenters. The summed E-state index contributed by atoms with van der Waals surface area (Å²) in [6.07, 6.45) is -0.0693. The first-order valence-corrected chi connectivity index (χ1v) is 11.0. The van der Waals surface area contributed by atoms with Gasteiger partial charge in [0.15, 0.2) is 9.84 Å². The molecule has 1 N–H and O–H groups in total. The second-order valence-electron chi connectivity index (χ2n) is 7.55. The summed E-state index contributed by atoms with van der Waals surface area (Å²) in [5, 5.41) is 2.97. The molecule has 2 aromatic carbocycles. The summed E-state index contributed by atoms with van der Waals surface area (Å²) in [4.78, 5) is 12.8. The lowest BCUT2D eigenvalue weighted by molar-refractivity contribution is -0.115. The van der Waals surface area contributed by atoms with E-state index in [1.165, 1.54) is 0 Å². The van der Waals surface area contributed by atoms with Gasteiger partial charge in [0.2, 0.25) is 5.91 Å². The van der Waals surface area contributed by atoms with Gasteiger partial charge in [-0.25, -0.2) is 8.42 Å². The van der Waals surface area contributed by atoms with Gasteiger partial charge in [-0.15, -0.1) is 0 Å². The van der Waals surface area contributed by atoms with Crippen LogP contribution in [-0.4, -0.2) is 20.1 Å². The molecule has 2 rings (SSSR count). The van der Waals surface area contributed by atoms with Gasteiger partial charge in [-0.1, -0.05) is 63.6 Å². The fourth-order valence-corrected chi connectivity index (χ4v) is 4.23. The Bertz CT molecular complexity index is 871. The molecule has 4 nitrogen and oxygen atoms in total. The Morgan fingerprint density at radius 1 is 0.926 bits per heavy atom. The molecule has 0 aliphatic rings. The molecular weight excluding hydrogens is 358 g/mol. The van der Waals surface area contributed by atoms with Crippen molar-refractivity contribution in [3.63, 3.8) is 0 Å². The van der Waals surface area contributed by atoms with Crippen molar-refractivity contribution in [2.24, 2.45) is 0 Å². The first kappa shape index (κ1) is 21.2. The zero-order valence-corrected chi connectivity index (χ0v) is 17.6. The zero-order valence-electron chi connectivity index (χ0n) is 16.7. The molecule has 0 unspecified atom stereocenters. The number of aryl methyl sites for hydroxylation is 1. The third-order valence-electron chi connectivity index (χ3n) is 4.62. The minimum Gasteiger partial charge on any atom is -0.326 e. The molecule has 2 aromatic rings. The van der Waals surface area contributed by atoms with Crippen LogP contribution in [0.4, 0.5) is 5.69 Å². The summed E-state index contributed by atoms with van der Waals surface area (Å²) in [6, 6.07) is 12.7. The second kappa shape index (κ2) is 8.70. The van der Waals surface area contributed by atoms with Gasteiger partial charge < -0.3 is 5.32 Å². The van der Waals surface area contributed by atoms with Gasteiger partial charge in [-0.2, -0.15) is 0 Å². The predicted molar refractivity (Wildman–Crippen MR) is 111 cm³/mol. The maximum atomic E-state index is 12.5. The monoisotopic (exact) mass is 387 g/mol.